The van der Waals surface area contributed by atoms with E-state index in [2.05, 4.69) is 5.32 Å². The monoisotopic (exact) mass is 338 g/mol. The molecule has 0 aliphatic carbocycles. The van der Waals surface area contributed by atoms with Gasteiger partial charge in [0.2, 0.25) is 5.91 Å². The molecule has 1 atom stereocenters. The van der Waals surface area contributed by atoms with Crippen molar-refractivity contribution in [3.05, 3.63) is 54.3 Å². The molecule has 0 unspecified atom stereocenters. The van der Waals surface area contributed by atoms with Gasteiger partial charge in [0.25, 0.3) is 0 Å². The molecule has 0 bridgehead atoms. The molecule has 25 heavy (non-hydrogen) atoms. The van der Waals surface area contributed by atoms with Crippen molar-refractivity contribution in [3.8, 4) is 5.75 Å². The van der Waals surface area contributed by atoms with Gasteiger partial charge >= 0.3 is 0 Å². The number of carbonyl (C=O) groups is 1. The fraction of sp³-hybridized carbons (Fsp3) is 0.250. The fourth-order valence-corrected chi connectivity index (χ4v) is 2.74. The highest BCUT2D eigenvalue weighted by atomic mass is 16.5. The Balaban J connectivity index is 1.84. The summed E-state index contributed by atoms with van der Waals surface area (Å²) in [4.78, 5) is 13.2. The summed E-state index contributed by atoms with van der Waals surface area (Å²) in [5.74, 6) is 1.54. The topological polar surface area (TPSA) is 54.7 Å². The zero-order valence-electron chi connectivity index (χ0n) is 14.9. The van der Waals surface area contributed by atoms with Crippen molar-refractivity contribution >= 4 is 28.3 Å². The third kappa shape index (κ3) is 3.45. The first kappa shape index (κ1) is 16.9. The SMILES string of the molecule is COc1cccc2cc([C@@H](C)Nc3cccc(N(C)C(C)=O)c3)oc12. The Morgan fingerprint density at radius 3 is 2.68 bits per heavy atom. The van der Waals surface area contributed by atoms with Crippen molar-refractivity contribution in [2.24, 2.45) is 0 Å². The van der Waals surface area contributed by atoms with Crippen LogP contribution in [0.5, 0.6) is 5.75 Å². The first-order chi connectivity index (χ1) is 12.0. The van der Waals surface area contributed by atoms with Crippen LogP contribution in [0.15, 0.2) is 52.9 Å². The minimum absolute atomic E-state index is 0.00502. The minimum Gasteiger partial charge on any atom is -0.493 e. The van der Waals surface area contributed by atoms with Gasteiger partial charge in [-0.3, -0.25) is 4.79 Å². The average molecular weight is 338 g/mol. The van der Waals surface area contributed by atoms with Crippen molar-refractivity contribution < 1.29 is 13.9 Å². The van der Waals surface area contributed by atoms with Gasteiger partial charge in [-0.2, -0.15) is 0 Å². The number of amides is 1. The van der Waals surface area contributed by atoms with Gasteiger partial charge in [-0.1, -0.05) is 18.2 Å². The third-order valence-electron chi connectivity index (χ3n) is 4.26. The molecule has 3 rings (SSSR count). The maximum Gasteiger partial charge on any atom is 0.223 e. The molecule has 1 heterocycles. The molecular weight excluding hydrogens is 316 g/mol. The molecule has 130 valence electrons. The van der Waals surface area contributed by atoms with Crippen LogP contribution in [0.2, 0.25) is 0 Å². The maximum absolute atomic E-state index is 11.5. The quantitative estimate of drug-likeness (QED) is 0.739. The molecule has 5 heteroatoms. The molecule has 1 aromatic heterocycles. The predicted molar refractivity (Wildman–Crippen MR) is 100 cm³/mol. The van der Waals surface area contributed by atoms with E-state index in [0.717, 1.165) is 33.9 Å². The number of ether oxygens (including phenoxy) is 1. The molecule has 3 aromatic rings. The highest BCUT2D eigenvalue weighted by Gasteiger charge is 2.14. The molecule has 5 nitrogen and oxygen atoms in total. The van der Waals surface area contributed by atoms with Crippen LogP contribution in [-0.4, -0.2) is 20.1 Å². The van der Waals surface area contributed by atoms with Gasteiger partial charge in [0.05, 0.1) is 13.2 Å². The molecule has 0 aliphatic heterocycles. The molecule has 0 spiro atoms. The van der Waals surface area contributed by atoms with E-state index in [1.54, 1.807) is 26.0 Å². The summed E-state index contributed by atoms with van der Waals surface area (Å²) in [5.41, 5.74) is 2.51. The van der Waals surface area contributed by atoms with Crippen LogP contribution >= 0.6 is 0 Å². The summed E-state index contributed by atoms with van der Waals surface area (Å²) in [6, 6.07) is 15.6. The van der Waals surface area contributed by atoms with Gasteiger partial charge < -0.3 is 19.4 Å². The predicted octanol–water partition coefficient (Wildman–Crippen LogP) is 4.60. The molecule has 2 aromatic carbocycles. The van der Waals surface area contributed by atoms with Gasteiger partial charge in [0.15, 0.2) is 11.3 Å². The Kier molecular flexibility index (Phi) is 4.65. The van der Waals surface area contributed by atoms with Crippen molar-refractivity contribution in [1.29, 1.82) is 0 Å². The van der Waals surface area contributed by atoms with Crippen LogP contribution in [0, 0.1) is 0 Å². The van der Waals surface area contributed by atoms with E-state index in [-0.39, 0.29) is 11.9 Å². The number of para-hydroxylation sites is 1. The lowest BCUT2D eigenvalue weighted by molar-refractivity contribution is -0.116. The zero-order valence-corrected chi connectivity index (χ0v) is 14.9. The summed E-state index contributed by atoms with van der Waals surface area (Å²) in [6.07, 6.45) is 0. The highest BCUT2D eigenvalue weighted by molar-refractivity contribution is 5.91. The third-order valence-corrected chi connectivity index (χ3v) is 4.26. The van der Waals surface area contributed by atoms with Crippen LogP contribution in [0.25, 0.3) is 11.0 Å². The number of methoxy groups -OCH3 is 1. The average Bonchev–Trinajstić information content (AvgIpc) is 3.05. The number of furan rings is 1. The summed E-state index contributed by atoms with van der Waals surface area (Å²) in [6.45, 7) is 3.58. The smallest absolute Gasteiger partial charge is 0.223 e. The van der Waals surface area contributed by atoms with Crippen molar-refractivity contribution in [2.75, 3.05) is 24.4 Å². The van der Waals surface area contributed by atoms with Crippen molar-refractivity contribution in [2.45, 2.75) is 19.9 Å². The van der Waals surface area contributed by atoms with Gasteiger partial charge in [0, 0.05) is 30.7 Å². The van der Waals surface area contributed by atoms with E-state index in [9.17, 15) is 4.79 Å². The van der Waals surface area contributed by atoms with Crippen LogP contribution in [0.1, 0.15) is 25.6 Å². The lowest BCUT2D eigenvalue weighted by atomic mass is 10.2. The first-order valence-electron chi connectivity index (χ1n) is 8.17. The summed E-state index contributed by atoms with van der Waals surface area (Å²) < 4.78 is 11.3. The van der Waals surface area contributed by atoms with Gasteiger partial charge in [-0.25, -0.2) is 0 Å². The van der Waals surface area contributed by atoms with Crippen LogP contribution in [0.3, 0.4) is 0 Å². The molecule has 1 N–H and O–H groups in total. The van der Waals surface area contributed by atoms with Crippen LogP contribution in [-0.2, 0) is 4.79 Å². The number of fused-ring (bicyclic) bond motifs is 1. The molecule has 0 saturated carbocycles. The molecule has 0 aliphatic rings. The van der Waals surface area contributed by atoms with E-state index in [1.807, 2.05) is 55.5 Å². The minimum atomic E-state index is -0.0324. The molecule has 0 saturated heterocycles. The van der Waals surface area contributed by atoms with Gasteiger partial charge in [-0.05, 0) is 37.3 Å². The Labute approximate surface area is 147 Å². The summed E-state index contributed by atoms with van der Waals surface area (Å²) >= 11 is 0. The maximum atomic E-state index is 11.5. The number of hydrogen-bond donors (Lipinski definition) is 1. The van der Waals surface area contributed by atoms with Crippen LogP contribution < -0.4 is 15.0 Å². The van der Waals surface area contributed by atoms with Crippen molar-refractivity contribution in [1.82, 2.24) is 0 Å². The van der Waals surface area contributed by atoms with Crippen LogP contribution in [0.4, 0.5) is 11.4 Å². The van der Waals surface area contributed by atoms with E-state index in [0.29, 0.717) is 0 Å². The Morgan fingerprint density at radius 2 is 1.96 bits per heavy atom. The normalized spacial score (nSPS) is 12.0. The second-order valence-corrected chi connectivity index (χ2v) is 6.02. The zero-order chi connectivity index (χ0) is 18.0. The van der Waals surface area contributed by atoms with E-state index in [1.165, 1.54) is 0 Å². The highest BCUT2D eigenvalue weighted by Crippen LogP contribution is 2.32. The number of hydrogen-bond acceptors (Lipinski definition) is 4. The number of benzene rings is 2. The molecule has 0 radical (unpaired) electrons. The summed E-state index contributed by atoms with van der Waals surface area (Å²) in [5, 5.41) is 4.43. The Morgan fingerprint density at radius 1 is 1.20 bits per heavy atom. The second-order valence-electron chi connectivity index (χ2n) is 6.02. The number of nitrogens with one attached hydrogen (secondary N) is 1. The standard InChI is InChI=1S/C20H22N2O3/c1-13(19-11-15-7-5-10-18(24-4)20(15)25-19)21-16-8-6-9-17(12-16)22(3)14(2)23/h5-13,21H,1-4H3/t13-/m1/s1. The molecule has 1 amide bonds. The molecule has 0 fully saturated rings. The summed E-state index contributed by atoms with van der Waals surface area (Å²) in [7, 11) is 3.39. The van der Waals surface area contributed by atoms with Gasteiger partial charge in [0.1, 0.15) is 5.76 Å². The fourth-order valence-electron chi connectivity index (χ4n) is 2.74. The lowest BCUT2D eigenvalue weighted by Crippen LogP contribution is -2.22. The number of rotatable bonds is 5. The van der Waals surface area contributed by atoms with E-state index >= 15 is 0 Å². The number of anilines is 2. The largest absolute Gasteiger partial charge is 0.493 e. The number of carbonyl (C=O) groups excluding carboxylic acids is 1. The van der Waals surface area contributed by atoms with E-state index < -0.39 is 0 Å². The van der Waals surface area contributed by atoms with Crippen molar-refractivity contribution in [3.63, 3.8) is 0 Å². The Hall–Kier alpha value is -2.95. The Bertz CT molecular complexity index is 901. The first-order valence-corrected chi connectivity index (χ1v) is 8.17. The molecular formula is C20H22N2O3. The second kappa shape index (κ2) is 6.89. The van der Waals surface area contributed by atoms with E-state index in [4.69, 9.17) is 9.15 Å². The van der Waals surface area contributed by atoms with Gasteiger partial charge in [-0.15, -0.1) is 0 Å². The lowest BCUT2D eigenvalue weighted by Gasteiger charge is -2.18. The number of nitrogens with zero attached hydrogens (tertiary/aromatic N) is 1.